The first-order valence-electron chi connectivity index (χ1n) is 13.4. The van der Waals surface area contributed by atoms with Gasteiger partial charge in [-0.3, -0.25) is 14.0 Å². The van der Waals surface area contributed by atoms with Gasteiger partial charge in [0.25, 0.3) is 5.97 Å². The van der Waals surface area contributed by atoms with E-state index in [0.29, 0.717) is 11.5 Å². The molecule has 230 valence electrons. The van der Waals surface area contributed by atoms with Crippen molar-refractivity contribution in [1.82, 2.24) is 9.97 Å². The second-order valence-electron chi connectivity index (χ2n) is 8.20. The van der Waals surface area contributed by atoms with Crippen molar-refractivity contribution in [3.8, 4) is 34.8 Å². The third-order valence-electron chi connectivity index (χ3n) is 4.91. The highest BCUT2D eigenvalue weighted by Crippen LogP contribution is 2.32. The maximum absolute atomic E-state index is 13.0. The van der Waals surface area contributed by atoms with E-state index >= 15 is 0 Å². The fourth-order valence-electron chi connectivity index (χ4n) is 3.08. The summed E-state index contributed by atoms with van der Waals surface area (Å²) in [6.45, 7) is 6.37. The number of carboxylic acids is 1. The molecule has 0 aliphatic rings. The number of phenolic OH excluding ortho intramolecular Hbond substituents is 1. The highest BCUT2D eigenvalue weighted by atomic mass is 19.1. The molecule has 0 atom stereocenters. The van der Waals surface area contributed by atoms with Crippen LogP contribution in [0.2, 0.25) is 0 Å². The molecule has 0 bridgehead atoms. The minimum Gasteiger partial charge on any atom is -0.504 e. The van der Waals surface area contributed by atoms with E-state index in [0.717, 1.165) is 30.9 Å². The van der Waals surface area contributed by atoms with Gasteiger partial charge in [-0.05, 0) is 60.4 Å². The Balaban J connectivity index is 0.000000366. The summed E-state index contributed by atoms with van der Waals surface area (Å²) in [4.78, 5) is 27.3. The second kappa shape index (κ2) is 19.1. The molecule has 0 amide bonds. The van der Waals surface area contributed by atoms with Crippen LogP contribution >= 0.6 is 0 Å². The fourth-order valence-corrected chi connectivity index (χ4v) is 3.08. The van der Waals surface area contributed by atoms with E-state index in [1.165, 1.54) is 43.3 Å². The van der Waals surface area contributed by atoms with Gasteiger partial charge < -0.3 is 24.4 Å². The van der Waals surface area contributed by atoms with E-state index in [4.69, 9.17) is 25.5 Å². The molecule has 2 aromatic heterocycles. The molecule has 9 nitrogen and oxygen atoms in total. The average molecular weight is 604 g/mol. The molecular weight excluding hydrogens is 569 g/mol. The molecule has 0 spiro atoms. The topological polar surface area (TPSA) is 128 Å². The predicted molar refractivity (Wildman–Crippen MR) is 153 cm³/mol. The van der Waals surface area contributed by atoms with Gasteiger partial charge in [0.2, 0.25) is 23.7 Å². The van der Waals surface area contributed by atoms with Crippen LogP contribution in [0.25, 0.3) is 0 Å². The van der Waals surface area contributed by atoms with Crippen molar-refractivity contribution >= 4 is 11.9 Å². The lowest BCUT2D eigenvalue weighted by Gasteiger charge is -2.11. The van der Waals surface area contributed by atoms with Crippen LogP contribution in [0.3, 0.4) is 0 Å². The van der Waals surface area contributed by atoms with E-state index in [-0.39, 0.29) is 23.3 Å². The number of carboxylic acid groups (broad SMARTS) is 1. The fraction of sp³-hybridized carbons (Fsp3) is 0.226. The number of carbonyl (C=O) groups excluding carboxylic acids is 1. The standard InChI is InChI=1S/C15H14FNO3.C13H12FNO2.C2H4O2.CH3F/c1-3-11-7-8-12(13(9-11)19-10(2)18)20-15-6-4-5-14(16)17-15;1-2-9-6-7-11(10(16)8-9)17-13-5-3-4-12(14)15-13;1-2(3)4;1-2/h4-9H,3H2,1-2H3;3-8,16H,2H2,1H3;1H3,(H,3,4);1H3/i;;;1D. The van der Waals surface area contributed by atoms with E-state index in [2.05, 4.69) is 9.97 Å². The van der Waals surface area contributed by atoms with Crippen molar-refractivity contribution in [2.24, 2.45) is 0 Å². The molecule has 0 unspecified atom stereocenters. The number of nitrogens with zero attached hydrogens (tertiary/aromatic N) is 2. The number of aliphatic carboxylic acids is 1. The van der Waals surface area contributed by atoms with Crippen LogP contribution in [0.15, 0.2) is 72.8 Å². The normalized spacial score (nSPS) is 9.79. The molecule has 0 fully saturated rings. The Morgan fingerprint density at radius 2 is 1.23 bits per heavy atom. The maximum atomic E-state index is 13.0. The maximum Gasteiger partial charge on any atom is 0.308 e. The zero-order valence-electron chi connectivity index (χ0n) is 25.0. The van der Waals surface area contributed by atoms with Crippen molar-refractivity contribution in [3.05, 3.63) is 95.8 Å². The Labute approximate surface area is 248 Å². The van der Waals surface area contributed by atoms with Crippen LogP contribution in [0.4, 0.5) is 13.2 Å². The van der Waals surface area contributed by atoms with Crippen LogP contribution in [0.1, 0.15) is 40.2 Å². The smallest absolute Gasteiger partial charge is 0.308 e. The van der Waals surface area contributed by atoms with Gasteiger partial charge in [-0.25, -0.2) is 0 Å². The lowest BCUT2D eigenvalue weighted by molar-refractivity contribution is -0.134. The highest BCUT2D eigenvalue weighted by Gasteiger charge is 2.11. The molecule has 2 N–H and O–H groups in total. The lowest BCUT2D eigenvalue weighted by Crippen LogP contribution is -2.03. The molecule has 0 aliphatic heterocycles. The Morgan fingerprint density at radius 3 is 1.65 bits per heavy atom. The summed E-state index contributed by atoms with van der Waals surface area (Å²) < 4.78 is 57.2. The van der Waals surface area contributed by atoms with Crippen LogP contribution in [-0.4, -0.2) is 39.3 Å². The number of hydrogen-bond donors (Lipinski definition) is 2. The van der Waals surface area contributed by atoms with Gasteiger partial charge >= 0.3 is 5.97 Å². The van der Waals surface area contributed by atoms with Crippen molar-refractivity contribution in [2.75, 3.05) is 7.15 Å². The van der Waals surface area contributed by atoms with Crippen molar-refractivity contribution in [3.63, 3.8) is 0 Å². The lowest BCUT2D eigenvalue weighted by atomic mass is 10.1. The van der Waals surface area contributed by atoms with E-state index in [9.17, 15) is 23.1 Å². The van der Waals surface area contributed by atoms with Crippen LogP contribution in [0.5, 0.6) is 34.8 Å². The molecule has 2 aromatic carbocycles. The molecule has 2 heterocycles. The Bertz CT molecular complexity index is 1490. The number of aryl methyl sites for hydroxylation is 2. The molecule has 0 aliphatic carbocycles. The largest absolute Gasteiger partial charge is 0.504 e. The van der Waals surface area contributed by atoms with E-state index < -0.39 is 31.0 Å². The summed E-state index contributed by atoms with van der Waals surface area (Å²) in [5.41, 5.74) is 2.00. The number of rotatable bonds is 7. The highest BCUT2D eigenvalue weighted by molar-refractivity contribution is 5.70. The van der Waals surface area contributed by atoms with Gasteiger partial charge in [-0.1, -0.05) is 38.1 Å². The first-order valence-corrected chi connectivity index (χ1v) is 12.7. The van der Waals surface area contributed by atoms with Crippen molar-refractivity contribution in [2.45, 2.75) is 40.5 Å². The minimum absolute atomic E-state index is 0.0235. The summed E-state index contributed by atoms with van der Waals surface area (Å²) in [5.74, 6) is -1.43. The van der Waals surface area contributed by atoms with E-state index in [1.807, 2.05) is 26.0 Å². The van der Waals surface area contributed by atoms with Gasteiger partial charge in [0.1, 0.15) is 0 Å². The molecule has 0 saturated carbocycles. The summed E-state index contributed by atoms with van der Waals surface area (Å²) >= 11 is 0. The number of aromatic nitrogens is 2. The summed E-state index contributed by atoms with van der Waals surface area (Å²) in [6, 6.07) is 18.8. The molecular formula is C31H33F3N2O7. The van der Waals surface area contributed by atoms with Gasteiger partial charge in [0.05, 0.1) is 8.52 Å². The number of carbonyl (C=O) groups is 2. The van der Waals surface area contributed by atoms with Gasteiger partial charge in [-0.15, -0.1) is 0 Å². The molecule has 4 rings (SSSR count). The molecule has 4 aromatic rings. The quantitative estimate of drug-likeness (QED) is 0.126. The number of pyridine rings is 2. The Hall–Kier alpha value is -5.13. The number of halogens is 3. The SMILES string of the molecule is CC(=O)O.CCc1ccc(Oc2cccc(F)n2)c(O)c1.CCc1ccc(Oc2cccc(F)n2)c(OC(C)=O)c1.[2H]CF. The van der Waals surface area contributed by atoms with Crippen molar-refractivity contribution < 1.29 is 48.6 Å². The second-order valence-corrected chi connectivity index (χ2v) is 8.20. The Kier molecular flexibility index (Phi) is 15.1. The number of ether oxygens (including phenoxy) is 3. The predicted octanol–water partition coefficient (Wildman–Crippen LogP) is 7.46. The number of benzene rings is 2. The molecule has 43 heavy (non-hydrogen) atoms. The zero-order chi connectivity index (χ0) is 33.1. The van der Waals surface area contributed by atoms with Crippen LogP contribution in [-0.2, 0) is 22.4 Å². The first-order chi connectivity index (χ1) is 20.9. The van der Waals surface area contributed by atoms with Gasteiger partial charge in [-0.2, -0.15) is 18.7 Å². The molecule has 12 heteroatoms. The minimum atomic E-state index is -1.00. The third-order valence-corrected chi connectivity index (χ3v) is 4.91. The number of esters is 1. The van der Waals surface area contributed by atoms with Crippen molar-refractivity contribution in [1.29, 1.82) is 0 Å². The summed E-state index contributed by atoms with van der Waals surface area (Å²) in [6.07, 6.45) is 1.62. The number of hydrogen-bond acceptors (Lipinski definition) is 8. The first kappa shape index (κ1) is 34.1. The molecule has 0 saturated heterocycles. The van der Waals surface area contributed by atoms with Crippen LogP contribution in [0, 0.1) is 11.9 Å². The summed E-state index contributed by atoms with van der Waals surface area (Å²) in [7, 11) is -1.00. The number of phenols is 1. The van der Waals surface area contributed by atoms with E-state index in [1.54, 1.807) is 24.3 Å². The van der Waals surface area contributed by atoms with Crippen LogP contribution < -0.4 is 14.2 Å². The number of aromatic hydroxyl groups is 1. The van der Waals surface area contributed by atoms with Gasteiger partial charge in [0, 0.05) is 26.0 Å². The third kappa shape index (κ3) is 13.9. The number of alkyl halides is 1. The zero-order valence-corrected chi connectivity index (χ0v) is 24.0. The van der Waals surface area contributed by atoms with Gasteiger partial charge in [0.15, 0.2) is 23.0 Å². The Morgan fingerprint density at radius 1 is 0.791 bits per heavy atom. The average Bonchev–Trinajstić information content (AvgIpc) is 2.95. The molecule has 0 radical (unpaired) electrons. The summed E-state index contributed by atoms with van der Waals surface area (Å²) in [5, 5.41) is 17.1. The monoisotopic (exact) mass is 603 g/mol.